The van der Waals surface area contributed by atoms with Crippen molar-refractivity contribution in [3.8, 4) is 0 Å². The van der Waals surface area contributed by atoms with Gasteiger partial charge in [0, 0.05) is 41.5 Å². The third-order valence-electron chi connectivity index (χ3n) is 2.78. The summed E-state index contributed by atoms with van der Waals surface area (Å²) in [6, 6.07) is 6.71. The maximum absolute atomic E-state index is 12.1. The Morgan fingerprint density at radius 3 is 2.67 bits per heavy atom. The molecular weight excluding hydrogens is 342 g/mol. The average molecular weight is 352 g/mol. The van der Waals surface area contributed by atoms with Crippen molar-refractivity contribution in [1.29, 1.82) is 0 Å². The summed E-state index contributed by atoms with van der Waals surface area (Å²) in [4.78, 5) is 33.7. The van der Waals surface area contributed by atoms with Crippen molar-refractivity contribution in [3.05, 3.63) is 67.0 Å². The summed E-state index contributed by atoms with van der Waals surface area (Å²) in [6.07, 6.45) is 1.47. The topological polar surface area (TPSA) is 94.2 Å². The highest BCUT2D eigenvalue weighted by atomic mass is 79.9. The summed E-state index contributed by atoms with van der Waals surface area (Å²) in [7, 11) is 1.57. The number of hydrogen-bond acceptors (Lipinski definition) is 4. The molecule has 1 amide bonds. The van der Waals surface area contributed by atoms with Crippen LogP contribution in [0.4, 0.5) is 11.4 Å². The van der Waals surface area contributed by atoms with Crippen molar-refractivity contribution in [2.75, 3.05) is 5.32 Å². The van der Waals surface area contributed by atoms with Gasteiger partial charge in [-0.1, -0.05) is 0 Å². The molecule has 7 nitrogen and oxygen atoms in total. The standard InChI is InChI=1S/C13H10BrN3O4/c1-16-5-4-8(6-12(16)18)13(19)15-11-7-9(17(20)21)2-3-10(11)14/h2-7H,1H3,(H,15,19). The summed E-state index contributed by atoms with van der Waals surface area (Å²) in [5.74, 6) is -0.520. The summed E-state index contributed by atoms with van der Waals surface area (Å²) in [5, 5.41) is 13.3. The van der Waals surface area contributed by atoms with Gasteiger partial charge in [-0.15, -0.1) is 0 Å². The molecule has 1 aromatic heterocycles. The van der Waals surface area contributed by atoms with Gasteiger partial charge in [-0.25, -0.2) is 0 Å². The lowest BCUT2D eigenvalue weighted by atomic mass is 10.2. The van der Waals surface area contributed by atoms with Crippen LogP contribution in [0.25, 0.3) is 0 Å². The second-order valence-electron chi connectivity index (χ2n) is 4.24. The minimum absolute atomic E-state index is 0.141. The number of anilines is 1. The molecule has 1 heterocycles. The third kappa shape index (κ3) is 3.34. The van der Waals surface area contributed by atoms with Gasteiger partial charge in [-0.05, 0) is 28.1 Å². The van der Waals surface area contributed by atoms with E-state index in [0.29, 0.717) is 4.47 Å². The van der Waals surface area contributed by atoms with Crippen LogP contribution in [0.1, 0.15) is 10.4 Å². The molecule has 0 radical (unpaired) electrons. The number of nitro benzene ring substituents is 1. The quantitative estimate of drug-likeness (QED) is 0.677. The van der Waals surface area contributed by atoms with E-state index >= 15 is 0 Å². The summed E-state index contributed by atoms with van der Waals surface area (Å²) >= 11 is 3.20. The highest BCUT2D eigenvalue weighted by molar-refractivity contribution is 9.10. The van der Waals surface area contributed by atoms with Crippen LogP contribution in [0.2, 0.25) is 0 Å². The van der Waals surface area contributed by atoms with Gasteiger partial charge in [-0.3, -0.25) is 19.7 Å². The number of nitrogens with one attached hydrogen (secondary N) is 1. The van der Waals surface area contributed by atoms with Gasteiger partial charge in [0.25, 0.3) is 17.2 Å². The van der Waals surface area contributed by atoms with E-state index < -0.39 is 10.8 Å². The number of benzene rings is 1. The second kappa shape index (κ2) is 5.88. The molecule has 0 aliphatic heterocycles. The van der Waals surface area contributed by atoms with E-state index in [1.807, 2.05) is 0 Å². The smallest absolute Gasteiger partial charge is 0.271 e. The molecule has 21 heavy (non-hydrogen) atoms. The Kier molecular flexibility index (Phi) is 4.18. The molecule has 0 unspecified atom stereocenters. The number of aryl methyl sites for hydroxylation is 1. The second-order valence-corrected chi connectivity index (χ2v) is 5.09. The highest BCUT2D eigenvalue weighted by Gasteiger charge is 2.13. The van der Waals surface area contributed by atoms with E-state index in [9.17, 15) is 19.7 Å². The van der Waals surface area contributed by atoms with E-state index in [-0.39, 0.29) is 22.5 Å². The first-order valence-corrected chi connectivity index (χ1v) is 6.60. The van der Waals surface area contributed by atoms with Crippen LogP contribution in [0.3, 0.4) is 0 Å². The number of carbonyl (C=O) groups excluding carboxylic acids is 1. The molecule has 0 aliphatic carbocycles. The minimum atomic E-state index is -0.555. The maximum atomic E-state index is 12.1. The normalized spacial score (nSPS) is 10.2. The molecular formula is C13H10BrN3O4. The van der Waals surface area contributed by atoms with Crippen molar-refractivity contribution in [3.63, 3.8) is 0 Å². The van der Waals surface area contributed by atoms with E-state index in [2.05, 4.69) is 21.2 Å². The highest BCUT2D eigenvalue weighted by Crippen LogP contribution is 2.27. The Balaban J connectivity index is 2.30. The van der Waals surface area contributed by atoms with Crippen LogP contribution in [0.5, 0.6) is 0 Å². The first-order valence-electron chi connectivity index (χ1n) is 5.80. The van der Waals surface area contributed by atoms with Crippen LogP contribution < -0.4 is 10.9 Å². The molecule has 0 fully saturated rings. The number of amides is 1. The zero-order chi connectivity index (χ0) is 15.6. The Morgan fingerprint density at radius 2 is 2.05 bits per heavy atom. The number of nitrogens with zero attached hydrogens (tertiary/aromatic N) is 2. The number of nitro groups is 1. The Labute approximate surface area is 127 Å². The summed E-state index contributed by atoms with van der Waals surface area (Å²) in [5.41, 5.74) is -0.0235. The molecule has 1 N–H and O–H groups in total. The lowest BCUT2D eigenvalue weighted by Crippen LogP contribution is -2.20. The van der Waals surface area contributed by atoms with Crippen LogP contribution in [-0.4, -0.2) is 15.4 Å². The summed E-state index contributed by atoms with van der Waals surface area (Å²) in [6.45, 7) is 0. The number of rotatable bonds is 3. The molecule has 2 aromatic rings. The van der Waals surface area contributed by atoms with Crippen LogP contribution in [-0.2, 0) is 7.05 Å². The number of aromatic nitrogens is 1. The van der Waals surface area contributed by atoms with E-state index in [4.69, 9.17) is 0 Å². The predicted octanol–water partition coefficient (Wildman–Crippen LogP) is 2.31. The number of hydrogen-bond donors (Lipinski definition) is 1. The van der Waals surface area contributed by atoms with E-state index in [1.165, 1.54) is 41.1 Å². The minimum Gasteiger partial charge on any atom is -0.321 e. The number of halogens is 1. The lowest BCUT2D eigenvalue weighted by molar-refractivity contribution is -0.384. The molecule has 0 bridgehead atoms. The van der Waals surface area contributed by atoms with Crippen LogP contribution in [0, 0.1) is 10.1 Å². The van der Waals surface area contributed by atoms with Crippen molar-refractivity contribution in [2.45, 2.75) is 0 Å². The van der Waals surface area contributed by atoms with Gasteiger partial charge < -0.3 is 9.88 Å². The fourth-order valence-corrected chi connectivity index (χ4v) is 1.95. The van der Waals surface area contributed by atoms with Crippen molar-refractivity contribution < 1.29 is 9.72 Å². The zero-order valence-electron chi connectivity index (χ0n) is 10.9. The van der Waals surface area contributed by atoms with Gasteiger partial charge in [0.15, 0.2) is 0 Å². The summed E-state index contributed by atoms with van der Waals surface area (Å²) < 4.78 is 1.84. The predicted molar refractivity (Wildman–Crippen MR) is 80.4 cm³/mol. The van der Waals surface area contributed by atoms with Crippen molar-refractivity contribution in [1.82, 2.24) is 4.57 Å². The fourth-order valence-electron chi connectivity index (χ4n) is 1.61. The third-order valence-corrected chi connectivity index (χ3v) is 3.47. The molecule has 0 saturated carbocycles. The number of pyridine rings is 1. The lowest BCUT2D eigenvalue weighted by Gasteiger charge is -2.07. The van der Waals surface area contributed by atoms with Crippen LogP contribution >= 0.6 is 15.9 Å². The molecule has 0 atom stereocenters. The van der Waals surface area contributed by atoms with Gasteiger partial charge in [-0.2, -0.15) is 0 Å². The SMILES string of the molecule is Cn1ccc(C(=O)Nc2cc([N+](=O)[O-])ccc2Br)cc1=O. The Bertz CT molecular complexity index is 785. The largest absolute Gasteiger partial charge is 0.321 e. The van der Waals surface area contributed by atoms with Crippen molar-refractivity contribution in [2.24, 2.45) is 7.05 Å². The number of non-ortho nitro benzene ring substituents is 1. The Hall–Kier alpha value is -2.48. The van der Waals surface area contributed by atoms with Crippen molar-refractivity contribution >= 4 is 33.2 Å². The molecule has 108 valence electrons. The van der Waals surface area contributed by atoms with Gasteiger partial charge in [0.1, 0.15) is 0 Å². The van der Waals surface area contributed by atoms with E-state index in [1.54, 1.807) is 7.05 Å². The zero-order valence-corrected chi connectivity index (χ0v) is 12.5. The molecule has 8 heteroatoms. The average Bonchev–Trinajstić information content (AvgIpc) is 2.43. The first kappa shape index (κ1) is 14.9. The van der Waals surface area contributed by atoms with Gasteiger partial charge in [0.2, 0.25) is 0 Å². The monoisotopic (exact) mass is 351 g/mol. The molecule has 0 aliphatic rings. The number of carbonyl (C=O) groups is 1. The molecule has 2 rings (SSSR count). The molecule has 0 saturated heterocycles. The fraction of sp³-hybridized carbons (Fsp3) is 0.0769. The van der Waals surface area contributed by atoms with E-state index in [0.717, 1.165) is 0 Å². The van der Waals surface area contributed by atoms with Gasteiger partial charge >= 0.3 is 0 Å². The molecule has 1 aromatic carbocycles. The maximum Gasteiger partial charge on any atom is 0.271 e. The molecule has 0 spiro atoms. The van der Waals surface area contributed by atoms with Crippen LogP contribution in [0.15, 0.2) is 45.8 Å². The first-order chi connectivity index (χ1) is 9.88. The Morgan fingerprint density at radius 1 is 1.33 bits per heavy atom. The van der Waals surface area contributed by atoms with Gasteiger partial charge in [0.05, 0.1) is 10.6 Å².